The van der Waals surface area contributed by atoms with Crippen LogP contribution in [-0.4, -0.2) is 85.4 Å². The van der Waals surface area contributed by atoms with E-state index >= 15 is 0 Å². The highest BCUT2D eigenvalue weighted by molar-refractivity contribution is 5.95. The number of benzene rings is 2. The molecule has 3 aliphatic heterocycles. The number of unbranched alkanes of at least 4 members (excludes halogenated alkanes) is 1. The highest BCUT2D eigenvalue weighted by Gasteiger charge is 2.48. The number of nitrogens with two attached hydrogens (primary N) is 1. The molecule has 2 amide bonds. The summed E-state index contributed by atoms with van der Waals surface area (Å²) in [4.78, 5) is 45.3. The van der Waals surface area contributed by atoms with Crippen molar-refractivity contribution in [2.75, 3.05) is 51.5 Å². The van der Waals surface area contributed by atoms with Crippen molar-refractivity contribution in [3.8, 4) is 17.2 Å². The summed E-state index contributed by atoms with van der Waals surface area (Å²) in [7, 11) is 1.54. The lowest BCUT2D eigenvalue weighted by Gasteiger charge is -2.32. The standard InChI is InChI=1S/C33H44N4O7/c1-3-4-13-37(24-9-7-8-22(15-24)18-34)30(39)20-36-19-25(23-16-27(42-2)32-28(17-23)43-21-44-32)31(33(40)41)26(36)11-14-35-12-6-5-10-29(35)38/h7-9,15-17,25-26,31H,3-6,10-14,18-21,34H2,1-2H3,(H,40,41). The predicted octanol–water partition coefficient (Wildman–Crippen LogP) is 3.59. The molecule has 2 aromatic rings. The average molecular weight is 609 g/mol. The van der Waals surface area contributed by atoms with E-state index in [0.29, 0.717) is 62.8 Å². The topological polar surface area (TPSA) is 135 Å². The molecule has 0 bridgehead atoms. The van der Waals surface area contributed by atoms with Crippen molar-refractivity contribution in [2.24, 2.45) is 11.7 Å². The fourth-order valence-electron chi connectivity index (χ4n) is 6.76. The Morgan fingerprint density at radius 3 is 2.75 bits per heavy atom. The van der Waals surface area contributed by atoms with Crippen molar-refractivity contribution < 1.29 is 33.7 Å². The van der Waals surface area contributed by atoms with Crippen LogP contribution in [0, 0.1) is 5.92 Å². The lowest BCUT2D eigenvalue weighted by atomic mass is 9.84. The van der Waals surface area contributed by atoms with Gasteiger partial charge in [0.25, 0.3) is 0 Å². The van der Waals surface area contributed by atoms with Crippen molar-refractivity contribution in [1.29, 1.82) is 0 Å². The summed E-state index contributed by atoms with van der Waals surface area (Å²) in [5, 5.41) is 10.6. The number of carbonyl (C=O) groups excluding carboxylic acids is 2. The third kappa shape index (κ3) is 6.78. The minimum atomic E-state index is -0.935. The highest BCUT2D eigenvalue weighted by atomic mass is 16.7. The summed E-state index contributed by atoms with van der Waals surface area (Å²) in [6.07, 6.45) is 4.54. The normalized spacial score (nSPS) is 21.5. The van der Waals surface area contributed by atoms with Crippen molar-refractivity contribution in [3.05, 3.63) is 47.5 Å². The minimum absolute atomic E-state index is 0.0527. The van der Waals surface area contributed by atoms with Gasteiger partial charge in [0, 0.05) is 56.8 Å². The summed E-state index contributed by atoms with van der Waals surface area (Å²) in [5.41, 5.74) is 8.37. The number of fused-ring (bicyclic) bond motifs is 1. The number of nitrogens with zero attached hydrogens (tertiary/aromatic N) is 3. The zero-order valence-corrected chi connectivity index (χ0v) is 25.7. The van der Waals surface area contributed by atoms with Crippen LogP contribution in [0.2, 0.25) is 0 Å². The van der Waals surface area contributed by atoms with Crippen LogP contribution >= 0.6 is 0 Å². The molecular formula is C33H44N4O7. The number of carboxylic acids is 1. The van der Waals surface area contributed by atoms with E-state index in [-0.39, 0.29) is 25.2 Å². The number of piperidine rings is 1. The van der Waals surface area contributed by atoms with Crippen LogP contribution < -0.4 is 24.8 Å². The number of amides is 2. The zero-order valence-electron chi connectivity index (χ0n) is 25.7. The molecule has 238 valence electrons. The number of hydrogen-bond donors (Lipinski definition) is 2. The van der Waals surface area contributed by atoms with E-state index in [1.165, 1.54) is 0 Å². The van der Waals surface area contributed by atoms with Gasteiger partial charge in [0.1, 0.15) is 0 Å². The molecule has 0 spiro atoms. The molecule has 2 fully saturated rings. The molecule has 0 radical (unpaired) electrons. The van der Waals surface area contributed by atoms with Crippen molar-refractivity contribution >= 4 is 23.5 Å². The van der Waals surface area contributed by atoms with Gasteiger partial charge >= 0.3 is 5.97 Å². The van der Waals surface area contributed by atoms with Crippen LogP contribution in [0.4, 0.5) is 5.69 Å². The third-order valence-corrected chi connectivity index (χ3v) is 9.09. The third-order valence-electron chi connectivity index (χ3n) is 9.09. The summed E-state index contributed by atoms with van der Waals surface area (Å²) in [6, 6.07) is 10.9. The van der Waals surface area contributed by atoms with E-state index in [4.69, 9.17) is 19.9 Å². The second-order valence-corrected chi connectivity index (χ2v) is 11.8. The molecule has 2 aromatic carbocycles. The Hall–Kier alpha value is -3.83. The Bertz CT molecular complexity index is 1350. The number of rotatable bonds is 13. The van der Waals surface area contributed by atoms with Crippen LogP contribution in [0.3, 0.4) is 0 Å². The molecule has 0 aromatic heterocycles. The first-order chi connectivity index (χ1) is 21.3. The smallest absolute Gasteiger partial charge is 0.308 e. The number of anilines is 1. The minimum Gasteiger partial charge on any atom is -0.493 e. The molecule has 0 saturated carbocycles. The van der Waals surface area contributed by atoms with E-state index in [1.54, 1.807) is 12.0 Å². The molecule has 5 rings (SSSR count). The van der Waals surface area contributed by atoms with E-state index in [0.717, 1.165) is 42.5 Å². The van der Waals surface area contributed by atoms with Crippen LogP contribution in [0.15, 0.2) is 36.4 Å². The first-order valence-corrected chi connectivity index (χ1v) is 15.7. The van der Waals surface area contributed by atoms with Gasteiger partial charge in [0.2, 0.25) is 24.4 Å². The molecule has 3 atom stereocenters. The molecule has 11 nitrogen and oxygen atoms in total. The molecular weight excluding hydrogens is 564 g/mol. The second kappa shape index (κ2) is 14.3. The summed E-state index contributed by atoms with van der Waals surface area (Å²) < 4.78 is 16.8. The molecule has 0 aliphatic carbocycles. The fraction of sp³-hybridized carbons (Fsp3) is 0.545. The Kier molecular flexibility index (Phi) is 10.3. The Morgan fingerprint density at radius 2 is 2.02 bits per heavy atom. The van der Waals surface area contributed by atoms with Crippen LogP contribution in [0.1, 0.15) is 62.5 Å². The van der Waals surface area contributed by atoms with Gasteiger partial charge in [-0.3, -0.25) is 19.3 Å². The van der Waals surface area contributed by atoms with E-state index in [2.05, 4.69) is 6.92 Å². The van der Waals surface area contributed by atoms with Gasteiger partial charge in [-0.25, -0.2) is 0 Å². The molecule has 3 heterocycles. The number of likely N-dealkylation sites (tertiary alicyclic amines) is 2. The SMILES string of the molecule is CCCCN(C(=O)CN1CC(c2cc(OC)c3c(c2)OCO3)C(C(=O)O)C1CCN1CCCCC1=O)c1cccc(CN)c1. The van der Waals surface area contributed by atoms with Crippen LogP contribution in [-0.2, 0) is 20.9 Å². The maximum atomic E-state index is 14.1. The maximum Gasteiger partial charge on any atom is 0.308 e. The quantitative estimate of drug-likeness (QED) is 0.350. The number of carbonyl (C=O) groups is 3. The van der Waals surface area contributed by atoms with Gasteiger partial charge in [0.05, 0.1) is 19.6 Å². The zero-order chi connectivity index (χ0) is 31.2. The second-order valence-electron chi connectivity index (χ2n) is 11.8. The van der Waals surface area contributed by atoms with Gasteiger partial charge in [-0.05, 0) is 61.1 Å². The van der Waals surface area contributed by atoms with Gasteiger partial charge in [-0.2, -0.15) is 0 Å². The molecule has 3 N–H and O–H groups in total. The van der Waals surface area contributed by atoms with Gasteiger partial charge < -0.3 is 34.9 Å². The Labute approximate surface area is 258 Å². The molecule has 2 saturated heterocycles. The first-order valence-electron chi connectivity index (χ1n) is 15.7. The largest absolute Gasteiger partial charge is 0.493 e. The fourth-order valence-corrected chi connectivity index (χ4v) is 6.76. The summed E-state index contributed by atoms with van der Waals surface area (Å²) in [6.45, 7) is 4.60. The van der Waals surface area contributed by atoms with E-state index in [9.17, 15) is 19.5 Å². The number of hydrogen-bond acceptors (Lipinski definition) is 8. The van der Waals surface area contributed by atoms with Gasteiger partial charge in [-0.1, -0.05) is 25.5 Å². The maximum absolute atomic E-state index is 14.1. The van der Waals surface area contributed by atoms with Crippen molar-refractivity contribution in [2.45, 2.75) is 64.0 Å². The Morgan fingerprint density at radius 1 is 1.18 bits per heavy atom. The van der Waals surface area contributed by atoms with Gasteiger partial charge in [-0.15, -0.1) is 0 Å². The lowest BCUT2D eigenvalue weighted by molar-refractivity contribution is -0.143. The summed E-state index contributed by atoms with van der Waals surface area (Å²) in [5.74, 6) is -0.679. The monoisotopic (exact) mass is 608 g/mol. The number of carboxylic acid groups (broad SMARTS) is 1. The first kappa shape index (κ1) is 31.6. The van der Waals surface area contributed by atoms with E-state index in [1.807, 2.05) is 46.2 Å². The predicted molar refractivity (Wildman–Crippen MR) is 165 cm³/mol. The van der Waals surface area contributed by atoms with Crippen molar-refractivity contribution in [3.63, 3.8) is 0 Å². The lowest BCUT2D eigenvalue weighted by Crippen LogP contribution is -2.46. The van der Waals surface area contributed by atoms with Crippen LogP contribution in [0.25, 0.3) is 0 Å². The van der Waals surface area contributed by atoms with E-state index < -0.39 is 23.8 Å². The summed E-state index contributed by atoms with van der Waals surface area (Å²) >= 11 is 0. The van der Waals surface area contributed by atoms with Crippen molar-refractivity contribution in [1.82, 2.24) is 9.80 Å². The molecule has 3 unspecified atom stereocenters. The number of methoxy groups -OCH3 is 1. The molecule has 3 aliphatic rings. The number of aliphatic carboxylic acids is 1. The van der Waals surface area contributed by atoms with Gasteiger partial charge in [0.15, 0.2) is 11.5 Å². The number of ether oxygens (including phenoxy) is 3. The average Bonchev–Trinajstić information content (AvgIpc) is 3.65. The Balaban J connectivity index is 1.46. The molecule has 11 heteroatoms. The highest BCUT2D eigenvalue weighted by Crippen LogP contribution is 2.47. The van der Waals surface area contributed by atoms with Crippen LogP contribution in [0.5, 0.6) is 17.2 Å². The molecule has 44 heavy (non-hydrogen) atoms.